The summed E-state index contributed by atoms with van der Waals surface area (Å²) in [7, 11) is 0. The fraction of sp³-hybridized carbons (Fsp3) is 0.571. The molecule has 1 atom stereocenters. The summed E-state index contributed by atoms with van der Waals surface area (Å²) in [6, 6.07) is 4.98. The van der Waals surface area contributed by atoms with Crippen LogP contribution >= 0.6 is 27.5 Å². The van der Waals surface area contributed by atoms with Gasteiger partial charge in [-0.15, -0.1) is 11.6 Å². The molecule has 0 spiro atoms. The number of nitrogens with zero attached hydrogens (tertiary/aromatic N) is 1. The van der Waals surface area contributed by atoms with Crippen LogP contribution in [0, 0.1) is 5.82 Å². The number of hydrogen-bond acceptors (Lipinski definition) is 2. The third-order valence-corrected chi connectivity index (χ3v) is 3.85. The number of alkyl halides is 1. The van der Waals surface area contributed by atoms with Crippen molar-refractivity contribution in [2.75, 3.05) is 19.0 Å². The summed E-state index contributed by atoms with van der Waals surface area (Å²) in [4.78, 5) is 2.26. The number of benzene rings is 1. The Morgan fingerprint density at radius 1 is 1.47 bits per heavy atom. The van der Waals surface area contributed by atoms with Gasteiger partial charge in [-0.05, 0) is 37.6 Å². The zero-order valence-corrected chi connectivity index (χ0v) is 13.5. The SMILES string of the molecule is CC1(C)CN(Cc2cc(F)cc(Br)c2)CC(CCl)O1. The van der Waals surface area contributed by atoms with Gasteiger partial charge in [0.1, 0.15) is 5.82 Å². The molecule has 1 saturated heterocycles. The molecule has 5 heteroatoms. The lowest BCUT2D eigenvalue weighted by Gasteiger charge is -2.42. The molecular weight excluding hydrogens is 333 g/mol. The fourth-order valence-electron chi connectivity index (χ4n) is 2.58. The van der Waals surface area contributed by atoms with E-state index in [4.69, 9.17) is 16.3 Å². The molecule has 0 radical (unpaired) electrons. The summed E-state index contributed by atoms with van der Waals surface area (Å²) < 4.78 is 20.0. The predicted molar refractivity (Wildman–Crippen MR) is 79.0 cm³/mol. The number of halogens is 3. The molecular formula is C14H18BrClFNO. The van der Waals surface area contributed by atoms with E-state index in [9.17, 15) is 4.39 Å². The Labute approximate surface area is 127 Å². The molecule has 2 nitrogen and oxygen atoms in total. The van der Waals surface area contributed by atoms with Gasteiger partial charge in [0.15, 0.2) is 0 Å². The lowest BCUT2D eigenvalue weighted by Crippen LogP contribution is -2.52. The second-order valence-corrected chi connectivity index (χ2v) is 6.83. The molecule has 0 saturated carbocycles. The molecule has 1 fully saturated rings. The van der Waals surface area contributed by atoms with Gasteiger partial charge in [0.2, 0.25) is 0 Å². The number of rotatable bonds is 3. The van der Waals surface area contributed by atoms with Crippen LogP contribution in [-0.4, -0.2) is 35.6 Å². The number of hydrogen-bond donors (Lipinski definition) is 0. The second kappa shape index (κ2) is 6.08. The molecule has 0 N–H and O–H groups in total. The zero-order valence-electron chi connectivity index (χ0n) is 11.1. The van der Waals surface area contributed by atoms with E-state index in [0.29, 0.717) is 12.4 Å². The van der Waals surface area contributed by atoms with E-state index in [1.54, 1.807) is 6.07 Å². The van der Waals surface area contributed by atoms with E-state index in [0.717, 1.165) is 23.1 Å². The third kappa shape index (κ3) is 4.42. The molecule has 1 aliphatic rings. The maximum atomic E-state index is 13.4. The van der Waals surface area contributed by atoms with Crippen molar-refractivity contribution in [2.24, 2.45) is 0 Å². The first kappa shape index (κ1) is 15.2. The standard InChI is InChI=1S/C14H18BrClFNO/c1-14(2)9-18(8-13(6-16)19-14)7-10-3-11(15)5-12(17)4-10/h3-5,13H,6-9H2,1-2H3. The molecule has 1 aromatic carbocycles. The number of ether oxygens (including phenoxy) is 1. The Morgan fingerprint density at radius 3 is 2.84 bits per heavy atom. The van der Waals surface area contributed by atoms with Crippen LogP contribution in [0.1, 0.15) is 19.4 Å². The molecule has 0 aromatic heterocycles. The smallest absolute Gasteiger partial charge is 0.124 e. The highest BCUT2D eigenvalue weighted by atomic mass is 79.9. The van der Waals surface area contributed by atoms with Gasteiger partial charge in [-0.1, -0.05) is 15.9 Å². The van der Waals surface area contributed by atoms with Gasteiger partial charge < -0.3 is 4.74 Å². The Hall–Kier alpha value is -0.160. The summed E-state index contributed by atoms with van der Waals surface area (Å²) >= 11 is 9.23. The summed E-state index contributed by atoms with van der Waals surface area (Å²) in [5.74, 6) is 0.262. The molecule has 2 rings (SSSR count). The Balaban J connectivity index is 2.09. The van der Waals surface area contributed by atoms with Gasteiger partial charge in [-0.2, -0.15) is 0 Å². The summed E-state index contributed by atoms with van der Waals surface area (Å²) in [5, 5.41) is 0. The highest BCUT2D eigenvalue weighted by Gasteiger charge is 2.32. The van der Waals surface area contributed by atoms with Gasteiger partial charge in [0.05, 0.1) is 11.7 Å². The Bertz CT molecular complexity index is 435. The van der Waals surface area contributed by atoms with Crippen LogP contribution in [0.25, 0.3) is 0 Å². The highest BCUT2D eigenvalue weighted by molar-refractivity contribution is 9.10. The quantitative estimate of drug-likeness (QED) is 0.769. The van der Waals surface area contributed by atoms with Crippen molar-refractivity contribution in [2.45, 2.75) is 32.1 Å². The number of morpholine rings is 1. The van der Waals surface area contributed by atoms with E-state index < -0.39 is 0 Å². The summed E-state index contributed by atoms with van der Waals surface area (Å²) in [6.07, 6.45) is 0.0300. The fourth-order valence-corrected chi connectivity index (χ4v) is 3.25. The largest absolute Gasteiger partial charge is 0.368 e. The Kier molecular flexibility index (Phi) is 4.88. The van der Waals surface area contributed by atoms with Crippen LogP contribution in [0.3, 0.4) is 0 Å². The minimum Gasteiger partial charge on any atom is -0.368 e. The lowest BCUT2D eigenvalue weighted by molar-refractivity contribution is -0.129. The van der Waals surface area contributed by atoms with E-state index in [1.165, 1.54) is 6.07 Å². The lowest BCUT2D eigenvalue weighted by atomic mass is 10.0. The van der Waals surface area contributed by atoms with E-state index in [-0.39, 0.29) is 17.5 Å². The van der Waals surface area contributed by atoms with Gasteiger partial charge in [0, 0.05) is 30.0 Å². The van der Waals surface area contributed by atoms with E-state index >= 15 is 0 Å². The maximum absolute atomic E-state index is 13.4. The molecule has 1 aliphatic heterocycles. The monoisotopic (exact) mass is 349 g/mol. The summed E-state index contributed by atoms with van der Waals surface area (Å²) in [6.45, 7) is 6.41. The zero-order chi connectivity index (χ0) is 14.0. The minimum absolute atomic E-state index is 0.0300. The average molecular weight is 351 g/mol. The maximum Gasteiger partial charge on any atom is 0.124 e. The second-order valence-electron chi connectivity index (χ2n) is 5.60. The topological polar surface area (TPSA) is 12.5 Å². The molecule has 0 amide bonds. The first-order chi connectivity index (χ1) is 8.88. The van der Waals surface area contributed by atoms with Crippen molar-refractivity contribution in [1.82, 2.24) is 4.90 Å². The molecule has 1 heterocycles. The van der Waals surface area contributed by atoms with E-state index in [2.05, 4.69) is 34.7 Å². The van der Waals surface area contributed by atoms with Gasteiger partial charge in [-0.3, -0.25) is 4.90 Å². The van der Waals surface area contributed by atoms with Crippen molar-refractivity contribution in [3.63, 3.8) is 0 Å². The average Bonchev–Trinajstić information content (AvgIpc) is 2.25. The van der Waals surface area contributed by atoms with Crippen LogP contribution in [0.4, 0.5) is 4.39 Å². The van der Waals surface area contributed by atoms with E-state index in [1.807, 2.05) is 6.07 Å². The minimum atomic E-state index is -0.220. The Morgan fingerprint density at radius 2 is 2.21 bits per heavy atom. The van der Waals surface area contributed by atoms with Crippen LogP contribution in [-0.2, 0) is 11.3 Å². The van der Waals surface area contributed by atoms with Crippen LogP contribution in [0.15, 0.2) is 22.7 Å². The van der Waals surface area contributed by atoms with Crippen molar-refractivity contribution in [3.05, 3.63) is 34.1 Å². The van der Waals surface area contributed by atoms with Gasteiger partial charge in [0.25, 0.3) is 0 Å². The van der Waals surface area contributed by atoms with Gasteiger partial charge in [-0.25, -0.2) is 4.39 Å². The van der Waals surface area contributed by atoms with Crippen molar-refractivity contribution >= 4 is 27.5 Å². The molecule has 1 unspecified atom stereocenters. The third-order valence-electron chi connectivity index (χ3n) is 3.05. The van der Waals surface area contributed by atoms with Gasteiger partial charge >= 0.3 is 0 Å². The van der Waals surface area contributed by atoms with Crippen molar-refractivity contribution in [3.8, 4) is 0 Å². The molecule has 106 valence electrons. The highest BCUT2D eigenvalue weighted by Crippen LogP contribution is 2.24. The first-order valence-electron chi connectivity index (χ1n) is 6.29. The summed E-state index contributed by atoms with van der Waals surface area (Å²) in [5.41, 5.74) is 0.737. The normalized spacial score (nSPS) is 23.5. The predicted octanol–water partition coefficient (Wildman–Crippen LogP) is 3.81. The van der Waals surface area contributed by atoms with Crippen molar-refractivity contribution < 1.29 is 9.13 Å². The molecule has 0 bridgehead atoms. The molecule has 1 aromatic rings. The van der Waals surface area contributed by atoms with Crippen molar-refractivity contribution in [1.29, 1.82) is 0 Å². The molecule has 19 heavy (non-hydrogen) atoms. The van der Waals surface area contributed by atoms with Crippen LogP contribution < -0.4 is 0 Å². The molecule has 0 aliphatic carbocycles. The van der Waals surface area contributed by atoms with Crippen LogP contribution in [0.5, 0.6) is 0 Å². The van der Waals surface area contributed by atoms with Crippen LogP contribution in [0.2, 0.25) is 0 Å². The first-order valence-corrected chi connectivity index (χ1v) is 7.62.